The lowest BCUT2D eigenvalue weighted by Crippen LogP contribution is -2.42. The standard InChI is InChI=1S/C11H10BrFN2O4/c1-5(9(16)15-11(14)18)19-10(17)7-3-2-6(12)4-8(7)13/h2-5H,1H3,(H3,14,15,16,18)/t5-/m0/s1. The van der Waals surface area contributed by atoms with Crippen LogP contribution >= 0.6 is 15.9 Å². The first-order chi connectivity index (χ1) is 8.81. The fourth-order valence-corrected chi connectivity index (χ4v) is 1.49. The summed E-state index contributed by atoms with van der Waals surface area (Å²) in [5.74, 6) is -2.70. The Morgan fingerprint density at radius 3 is 2.58 bits per heavy atom. The maximum atomic E-state index is 13.5. The predicted octanol–water partition coefficient (Wildman–Crippen LogP) is 1.33. The number of esters is 1. The van der Waals surface area contributed by atoms with Gasteiger partial charge in [-0.15, -0.1) is 0 Å². The van der Waals surface area contributed by atoms with Crippen LogP contribution in [0.5, 0.6) is 0 Å². The Labute approximate surface area is 116 Å². The van der Waals surface area contributed by atoms with Gasteiger partial charge in [0.15, 0.2) is 6.10 Å². The number of benzene rings is 1. The number of primary amides is 1. The number of amides is 3. The van der Waals surface area contributed by atoms with Crippen LogP contribution in [0.4, 0.5) is 9.18 Å². The van der Waals surface area contributed by atoms with Gasteiger partial charge in [-0.2, -0.15) is 0 Å². The summed E-state index contributed by atoms with van der Waals surface area (Å²) in [6.07, 6.45) is -1.27. The van der Waals surface area contributed by atoms with Gasteiger partial charge in [-0.3, -0.25) is 10.1 Å². The van der Waals surface area contributed by atoms with E-state index in [1.54, 1.807) is 5.32 Å². The molecular weight excluding hydrogens is 323 g/mol. The third-order valence-electron chi connectivity index (χ3n) is 2.05. The van der Waals surface area contributed by atoms with E-state index in [2.05, 4.69) is 15.9 Å². The highest BCUT2D eigenvalue weighted by Gasteiger charge is 2.21. The van der Waals surface area contributed by atoms with Crippen molar-refractivity contribution in [1.29, 1.82) is 0 Å². The molecular formula is C11H10BrFN2O4. The van der Waals surface area contributed by atoms with E-state index >= 15 is 0 Å². The smallest absolute Gasteiger partial charge is 0.341 e. The van der Waals surface area contributed by atoms with Crippen LogP contribution in [0.1, 0.15) is 17.3 Å². The summed E-state index contributed by atoms with van der Waals surface area (Å²) in [5.41, 5.74) is 4.42. The molecule has 6 nitrogen and oxygen atoms in total. The molecule has 0 aromatic heterocycles. The van der Waals surface area contributed by atoms with Crippen molar-refractivity contribution >= 4 is 33.8 Å². The van der Waals surface area contributed by atoms with Gasteiger partial charge in [0.25, 0.3) is 5.91 Å². The quantitative estimate of drug-likeness (QED) is 0.815. The predicted molar refractivity (Wildman–Crippen MR) is 66.7 cm³/mol. The highest BCUT2D eigenvalue weighted by Crippen LogP contribution is 2.16. The van der Waals surface area contributed by atoms with Crippen LogP contribution in [0.25, 0.3) is 0 Å². The molecule has 1 rings (SSSR count). The Balaban J connectivity index is 2.74. The van der Waals surface area contributed by atoms with Crippen LogP contribution < -0.4 is 11.1 Å². The number of rotatable bonds is 3. The van der Waals surface area contributed by atoms with Crippen molar-refractivity contribution in [3.63, 3.8) is 0 Å². The SMILES string of the molecule is C[C@H](OC(=O)c1ccc(Br)cc1F)C(=O)NC(N)=O. The zero-order valence-electron chi connectivity index (χ0n) is 9.78. The van der Waals surface area contributed by atoms with Crippen molar-refractivity contribution in [2.75, 3.05) is 0 Å². The zero-order chi connectivity index (χ0) is 14.6. The number of nitrogens with two attached hydrogens (primary N) is 1. The van der Waals surface area contributed by atoms with Gasteiger partial charge in [-0.1, -0.05) is 15.9 Å². The van der Waals surface area contributed by atoms with E-state index in [1.165, 1.54) is 19.1 Å². The van der Waals surface area contributed by atoms with Crippen molar-refractivity contribution in [3.8, 4) is 0 Å². The Bertz CT molecular complexity index is 535. The molecule has 1 aromatic carbocycles. The molecule has 8 heteroatoms. The first-order valence-corrected chi connectivity index (χ1v) is 5.87. The molecule has 0 saturated carbocycles. The Kier molecular flexibility index (Phi) is 4.99. The van der Waals surface area contributed by atoms with E-state index in [0.717, 1.165) is 6.07 Å². The van der Waals surface area contributed by atoms with Crippen molar-refractivity contribution in [2.24, 2.45) is 5.73 Å². The molecule has 19 heavy (non-hydrogen) atoms. The largest absolute Gasteiger partial charge is 0.449 e. The Morgan fingerprint density at radius 1 is 1.42 bits per heavy atom. The van der Waals surface area contributed by atoms with Gasteiger partial charge >= 0.3 is 12.0 Å². The number of hydrogen-bond donors (Lipinski definition) is 2. The topological polar surface area (TPSA) is 98.5 Å². The summed E-state index contributed by atoms with van der Waals surface area (Å²) in [6, 6.07) is 2.68. The van der Waals surface area contributed by atoms with E-state index < -0.39 is 29.8 Å². The summed E-state index contributed by atoms with van der Waals surface area (Å²) >= 11 is 3.04. The maximum Gasteiger partial charge on any atom is 0.341 e. The first-order valence-electron chi connectivity index (χ1n) is 5.07. The molecule has 0 aliphatic heterocycles. The van der Waals surface area contributed by atoms with Crippen LogP contribution in [0.2, 0.25) is 0 Å². The second-order valence-corrected chi connectivity index (χ2v) is 4.44. The summed E-state index contributed by atoms with van der Waals surface area (Å²) in [5, 5.41) is 1.74. The fraction of sp³-hybridized carbons (Fsp3) is 0.182. The fourth-order valence-electron chi connectivity index (χ4n) is 1.16. The van der Waals surface area contributed by atoms with E-state index in [4.69, 9.17) is 10.5 Å². The van der Waals surface area contributed by atoms with Crippen LogP contribution in [-0.4, -0.2) is 24.0 Å². The average Bonchev–Trinajstić information content (AvgIpc) is 2.27. The minimum Gasteiger partial charge on any atom is -0.449 e. The van der Waals surface area contributed by atoms with Gasteiger partial charge < -0.3 is 10.5 Å². The van der Waals surface area contributed by atoms with Crippen LogP contribution in [-0.2, 0) is 9.53 Å². The number of carbonyl (C=O) groups excluding carboxylic acids is 3. The molecule has 0 spiro atoms. The van der Waals surface area contributed by atoms with Crippen molar-refractivity contribution < 1.29 is 23.5 Å². The number of ether oxygens (including phenoxy) is 1. The molecule has 3 N–H and O–H groups in total. The van der Waals surface area contributed by atoms with Gasteiger partial charge in [-0.05, 0) is 25.1 Å². The molecule has 0 bridgehead atoms. The van der Waals surface area contributed by atoms with Gasteiger partial charge in [0.05, 0.1) is 5.56 Å². The number of urea groups is 1. The third kappa shape index (κ3) is 4.32. The second kappa shape index (κ2) is 6.28. The minimum absolute atomic E-state index is 0.318. The van der Waals surface area contributed by atoms with Crippen LogP contribution in [0.3, 0.4) is 0 Å². The molecule has 0 unspecified atom stereocenters. The molecule has 0 aliphatic carbocycles. The van der Waals surface area contributed by atoms with Crippen molar-refractivity contribution in [1.82, 2.24) is 5.32 Å². The normalized spacial score (nSPS) is 11.5. The highest BCUT2D eigenvalue weighted by molar-refractivity contribution is 9.10. The van der Waals surface area contributed by atoms with Crippen LogP contribution in [0, 0.1) is 5.82 Å². The summed E-state index contributed by atoms with van der Waals surface area (Å²) in [7, 11) is 0. The van der Waals surface area contributed by atoms with Crippen LogP contribution in [0.15, 0.2) is 22.7 Å². The molecule has 102 valence electrons. The summed E-state index contributed by atoms with van der Waals surface area (Å²) in [6.45, 7) is 1.23. The second-order valence-electron chi connectivity index (χ2n) is 3.53. The molecule has 3 amide bonds. The number of imide groups is 1. The lowest BCUT2D eigenvalue weighted by Gasteiger charge is -2.12. The monoisotopic (exact) mass is 332 g/mol. The maximum absolute atomic E-state index is 13.5. The minimum atomic E-state index is -1.27. The van der Waals surface area contributed by atoms with Gasteiger partial charge in [0, 0.05) is 4.47 Å². The molecule has 0 radical (unpaired) electrons. The van der Waals surface area contributed by atoms with Gasteiger partial charge in [0.1, 0.15) is 5.82 Å². The lowest BCUT2D eigenvalue weighted by molar-refractivity contribution is -0.127. The van der Waals surface area contributed by atoms with Crippen molar-refractivity contribution in [2.45, 2.75) is 13.0 Å². The number of nitrogens with one attached hydrogen (secondary N) is 1. The molecule has 1 aromatic rings. The molecule has 0 heterocycles. The molecule has 0 aliphatic rings. The van der Waals surface area contributed by atoms with Gasteiger partial charge in [0.2, 0.25) is 0 Å². The summed E-state index contributed by atoms with van der Waals surface area (Å²) in [4.78, 5) is 33.3. The van der Waals surface area contributed by atoms with E-state index in [0.29, 0.717) is 4.47 Å². The zero-order valence-corrected chi connectivity index (χ0v) is 11.4. The Hall–Kier alpha value is -1.96. The number of hydrogen-bond acceptors (Lipinski definition) is 4. The van der Waals surface area contributed by atoms with E-state index in [1.807, 2.05) is 0 Å². The first kappa shape index (κ1) is 15.1. The molecule has 1 atom stereocenters. The lowest BCUT2D eigenvalue weighted by atomic mass is 10.2. The number of carbonyl (C=O) groups is 3. The third-order valence-corrected chi connectivity index (χ3v) is 2.54. The van der Waals surface area contributed by atoms with E-state index in [-0.39, 0.29) is 5.56 Å². The Morgan fingerprint density at radius 2 is 2.05 bits per heavy atom. The number of halogens is 2. The molecule has 0 saturated heterocycles. The average molecular weight is 333 g/mol. The van der Waals surface area contributed by atoms with Crippen molar-refractivity contribution in [3.05, 3.63) is 34.1 Å². The summed E-state index contributed by atoms with van der Waals surface area (Å²) < 4.78 is 18.6. The van der Waals surface area contributed by atoms with E-state index in [9.17, 15) is 18.8 Å². The molecule has 0 fully saturated rings. The highest BCUT2D eigenvalue weighted by atomic mass is 79.9. The van der Waals surface area contributed by atoms with Gasteiger partial charge in [-0.25, -0.2) is 14.0 Å².